The number of aliphatic hydroxyl groups is 1. The molecule has 1 amide bonds. The zero-order chi connectivity index (χ0) is 12.1. The van der Waals surface area contributed by atoms with Gasteiger partial charge in [-0.05, 0) is 0 Å². The average Bonchev–Trinajstić information content (AvgIpc) is 2.15. The van der Waals surface area contributed by atoms with E-state index in [0.29, 0.717) is 6.42 Å². The molecule has 0 fully saturated rings. The van der Waals surface area contributed by atoms with Gasteiger partial charge in [0.2, 0.25) is 5.91 Å². The summed E-state index contributed by atoms with van der Waals surface area (Å²) in [6.07, 6.45) is 3.37. The molecule has 0 aromatic rings. The van der Waals surface area contributed by atoms with Gasteiger partial charge in [0.05, 0.1) is 6.10 Å². The van der Waals surface area contributed by atoms with Gasteiger partial charge in [0, 0.05) is 31.8 Å². The first kappa shape index (κ1) is 14.5. The van der Waals surface area contributed by atoms with Crippen LogP contribution >= 0.6 is 11.6 Å². The van der Waals surface area contributed by atoms with E-state index in [1.165, 1.54) is 4.90 Å². The Kier molecular flexibility index (Phi) is 5.91. The van der Waals surface area contributed by atoms with Crippen molar-refractivity contribution in [3.8, 4) is 0 Å². The van der Waals surface area contributed by atoms with Gasteiger partial charge in [-0.1, -0.05) is 26.0 Å². The number of carbonyl (C=O) groups is 1. The van der Waals surface area contributed by atoms with Crippen molar-refractivity contribution in [2.24, 2.45) is 5.41 Å². The topological polar surface area (TPSA) is 40.5 Å². The Labute approximate surface area is 96.7 Å². The highest BCUT2D eigenvalue weighted by Gasteiger charge is 2.23. The first-order valence-corrected chi connectivity index (χ1v) is 5.46. The summed E-state index contributed by atoms with van der Waals surface area (Å²) < 4.78 is 0. The number of carbonyl (C=O) groups excluding carboxylic acids is 1. The lowest BCUT2D eigenvalue weighted by molar-refractivity contribution is -0.127. The summed E-state index contributed by atoms with van der Waals surface area (Å²) >= 11 is 5.57. The van der Waals surface area contributed by atoms with Crippen LogP contribution in [0.5, 0.6) is 0 Å². The van der Waals surface area contributed by atoms with E-state index in [-0.39, 0.29) is 11.8 Å². The maximum atomic E-state index is 11.3. The molecule has 0 heterocycles. The number of amides is 1. The van der Waals surface area contributed by atoms with E-state index in [2.05, 4.69) is 0 Å². The minimum Gasteiger partial charge on any atom is -0.391 e. The van der Waals surface area contributed by atoms with Gasteiger partial charge >= 0.3 is 0 Å². The molecule has 1 unspecified atom stereocenters. The summed E-state index contributed by atoms with van der Waals surface area (Å²) in [6.45, 7) is 3.77. The second-order valence-corrected chi connectivity index (χ2v) is 4.69. The molecule has 0 aromatic heterocycles. The van der Waals surface area contributed by atoms with Gasteiger partial charge in [-0.15, -0.1) is 11.6 Å². The lowest BCUT2D eigenvalue weighted by atomic mass is 9.87. The van der Waals surface area contributed by atoms with Crippen molar-refractivity contribution >= 4 is 17.5 Å². The Morgan fingerprint density at radius 1 is 1.53 bits per heavy atom. The third-order valence-corrected chi connectivity index (χ3v) is 2.64. The third-order valence-electron chi connectivity index (χ3n) is 2.34. The van der Waals surface area contributed by atoms with E-state index < -0.39 is 11.5 Å². The minimum absolute atomic E-state index is 0.0439. The highest BCUT2D eigenvalue weighted by atomic mass is 35.5. The maximum Gasteiger partial charge on any atom is 0.225 e. The molecule has 0 aliphatic heterocycles. The molecule has 0 spiro atoms. The number of hydrogen-bond acceptors (Lipinski definition) is 2. The number of aliphatic hydroxyl groups excluding tert-OH is 1. The monoisotopic (exact) mass is 233 g/mol. The van der Waals surface area contributed by atoms with Crippen LogP contribution in [0.15, 0.2) is 12.2 Å². The predicted molar refractivity (Wildman–Crippen MR) is 63.0 cm³/mol. The van der Waals surface area contributed by atoms with Crippen molar-refractivity contribution in [2.45, 2.75) is 26.4 Å². The van der Waals surface area contributed by atoms with Gasteiger partial charge < -0.3 is 10.0 Å². The molecular formula is C11H20ClNO2. The molecule has 88 valence electrons. The van der Waals surface area contributed by atoms with E-state index in [4.69, 9.17) is 11.6 Å². The van der Waals surface area contributed by atoms with Crippen molar-refractivity contribution in [3.63, 3.8) is 0 Å². The number of halogens is 1. The summed E-state index contributed by atoms with van der Waals surface area (Å²) in [7, 11) is 3.43. The second-order valence-electron chi connectivity index (χ2n) is 4.39. The molecule has 0 bridgehead atoms. The van der Waals surface area contributed by atoms with E-state index in [9.17, 15) is 9.90 Å². The Morgan fingerprint density at radius 2 is 2.07 bits per heavy atom. The van der Waals surface area contributed by atoms with Gasteiger partial charge in [-0.2, -0.15) is 0 Å². The third kappa shape index (κ3) is 5.19. The molecule has 0 radical (unpaired) electrons. The van der Waals surface area contributed by atoms with Crippen molar-refractivity contribution in [1.82, 2.24) is 4.90 Å². The Morgan fingerprint density at radius 3 is 2.47 bits per heavy atom. The fourth-order valence-electron chi connectivity index (χ4n) is 0.956. The average molecular weight is 234 g/mol. The highest BCUT2D eigenvalue weighted by molar-refractivity contribution is 6.18. The number of alkyl halides is 1. The predicted octanol–water partition coefficient (Wildman–Crippen LogP) is 1.65. The highest BCUT2D eigenvalue weighted by Crippen LogP contribution is 2.23. The first-order chi connectivity index (χ1) is 6.81. The summed E-state index contributed by atoms with van der Waals surface area (Å²) in [5.74, 6) is 0.237. The van der Waals surface area contributed by atoms with Crippen molar-refractivity contribution in [2.75, 3.05) is 20.0 Å². The molecular weight excluding hydrogens is 214 g/mol. The SMILES string of the molecule is CN(C)C(=O)C/C=C/C(C)(C)C(O)CCl. The molecule has 1 atom stereocenters. The zero-order valence-electron chi connectivity index (χ0n) is 9.83. The normalized spacial score (nSPS) is 14.3. The van der Waals surface area contributed by atoms with E-state index in [0.717, 1.165) is 0 Å². The Bertz CT molecular complexity index is 237. The van der Waals surface area contributed by atoms with Crippen LogP contribution in [-0.4, -0.2) is 42.0 Å². The fraction of sp³-hybridized carbons (Fsp3) is 0.727. The van der Waals surface area contributed by atoms with E-state index in [1.807, 2.05) is 19.9 Å². The zero-order valence-corrected chi connectivity index (χ0v) is 10.6. The van der Waals surface area contributed by atoms with Gasteiger partial charge in [0.1, 0.15) is 0 Å². The van der Waals surface area contributed by atoms with Crippen LogP contribution in [-0.2, 0) is 4.79 Å². The molecule has 0 aliphatic carbocycles. The summed E-state index contributed by atoms with van der Waals surface area (Å²) in [5.41, 5.74) is -0.395. The molecule has 0 saturated heterocycles. The van der Waals surface area contributed by atoms with Gasteiger partial charge in [0.15, 0.2) is 0 Å². The van der Waals surface area contributed by atoms with Crippen LogP contribution in [0.3, 0.4) is 0 Å². The molecule has 0 saturated carbocycles. The molecule has 1 N–H and O–H groups in total. The molecule has 0 aliphatic rings. The quantitative estimate of drug-likeness (QED) is 0.580. The van der Waals surface area contributed by atoms with Gasteiger partial charge in [-0.25, -0.2) is 0 Å². The standard InChI is InChI=1S/C11H20ClNO2/c1-11(2,9(14)8-12)7-5-6-10(15)13(3)4/h5,7,9,14H,6,8H2,1-4H3/b7-5+. The summed E-state index contributed by atoms with van der Waals surface area (Å²) in [6, 6.07) is 0. The van der Waals surface area contributed by atoms with Crippen molar-refractivity contribution < 1.29 is 9.90 Å². The van der Waals surface area contributed by atoms with Crippen LogP contribution in [0.1, 0.15) is 20.3 Å². The van der Waals surface area contributed by atoms with Crippen molar-refractivity contribution in [3.05, 3.63) is 12.2 Å². The summed E-state index contributed by atoms with van der Waals surface area (Å²) in [4.78, 5) is 12.8. The first-order valence-electron chi connectivity index (χ1n) is 4.93. The number of nitrogens with zero attached hydrogens (tertiary/aromatic N) is 1. The van der Waals surface area contributed by atoms with E-state index in [1.54, 1.807) is 20.2 Å². The molecule has 0 aromatic carbocycles. The summed E-state index contributed by atoms with van der Waals surface area (Å²) in [5, 5.41) is 9.58. The van der Waals surface area contributed by atoms with Crippen LogP contribution < -0.4 is 0 Å². The van der Waals surface area contributed by atoms with Crippen molar-refractivity contribution in [1.29, 1.82) is 0 Å². The lowest BCUT2D eigenvalue weighted by Gasteiger charge is -2.25. The van der Waals surface area contributed by atoms with Crippen LogP contribution in [0, 0.1) is 5.41 Å². The molecule has 15 heavy (non-hydrogen) atoms. The van der Waals surface area contributed by atoms with Gasteiger partial charge in [0.25, 0.3) is 0 Å². The maximum absolute atomic E-state index is 11.3. The lowest BCUT2D eigenvalue weighted by Crippen LogP contribution is -2.28. The van der Waals surface area contributed by atoms with Gasteiger partial charge in [-0.3, -0.25) is 4.79 Å². The Hall–Kier alpha value is -0.540. The van der Waals surface area contributed by atoms with E-state index >= 15 is 0 Å². The number of hydrogen-bond donors (Lipinski definition) is 1. The molecule has 4 heteroatoms. The molecule has 0 rings (SSSR count). The fourth-order valence-corrected chi connectivity index (χ4v) is 1.35. The smallest absolute Gasteiger partial charge is 0.225 e. The Balaban J connectivity index is 4.22. The minimum atomic E-state index is -0.593. The van der Waals surface area contributed by atoms with Crippen LogP contribution in [0.4, 0.5) is 0 Å². The largest absolute Gasteiger partial charge is 0.391 e. The second kappa shape index (κ2) is 6.13. The number of rotatable bonds is 5. The van der Waals surface area contributed by atoms with Crippen LogP contribution in [0.2, 0.25) is 0 Å². The van der Waals surface area contributed by atoms with Crippen LogP contribution in [0.25, 0.3) is 0 Å². The molecule has 3 nitrogen and oxygen atoms in total.